The molecular weight excluding hydrogens is 655 g/mol. The smallest absolute Gasteiger partial charge is 0.283 e. The fourth-order valence-electron chi connectivity index (χ4n) is 5.15. The zero-order chi connectivity index (χ0) is 30.5. The van der Waals surface area contributed by atoms with Gasteiger partial charge in [0.15, 0.2) is 10.8 Å². The predicted octanol–water partition coefficient (Wildman–Crippen LogP) is 2.22. The number of hydrogen-bond donors (Lipinski definition) is 4. The fraction of sp³-hybridized carbons (Fsp3) is 0.333. The van der Waals surface area contributed by atoms with Crippen molar-refractivity contribution in [3.05, 3.63) is 73.2 Å². The van der Waals surface area contributed by atoms with Crippen LogP contribution in [0.5, 0.6) is 5.75 Å². The van der Waals surface area contributed by atoms with Gasteiger partial charge in [-0.25, -0.2) is 13.4 Å². The highest BCUT2D eigenvalue weighted by atomic mass is 35.5. The molecule has 1 aromatic carbocycles. The number of H-pyrrole nitrogens is 1. The van der Waals surface area contributed by atoms with Crippen LogP contribution in [0.15, 0.2) is 50.8 Å². The zero-order valence-corrected chi connectivity index (χ0v) is 26.4. The van der Waals surface area contributed by atoms with Gasteiger partial charge >= 0.3 is 0 Å². The minimum Gasteiger partial charge on any atom is -0.502 e. The van der Waals surface area contributed by atoms with Gasteiger partial charge in [0, 0.05) is 65.5 Å². The first-order valence-electron chi connectivity index (χ1n) is 13.4. The molecule has 6 rings (SSSR count). The number of sulfonamides is 1. The zero-order valence-electron chi connectivity index (χ0n) is 23.2. The van der Waals surface area contributed by atoms with Gasteiger partial charge in [-0.05, 0) is 31.2 Å². The number of fused-ring (bicyclic) bond motifs is 2. The van der Waals surface area contributed by atoms with Crippen molar-refractivity contribution in [3.63, 3.8) is 0 Å². The minimum atomic E-state index is -4.09. The minimum absolute atomic E-state index is 0. The topological polar surface area (TPSA) is 178 Å². The number of rotatable bonds is 6. The standard InChI is InChI=1S/C27H27ClN6O7S2.ClH/c1-14-6-19-23(11-29-14)42-26(32-19)27(38)34-5-4-33(43(39,40)24-8-15-7-16(28)2-3-18(15)31-24)12-20(34)25(37)30-10-17-9-21(35)22(36)13-41-17;/h2-3,7-9,13-14,20,29,31,36H,4-6,10-12H2,1H3,(H,30,37);1H. The molecule has 44 heavy (non-hydrogen) atoms. The second-order valence-electron chi connectivity index (χ2n) is 10.4. The first kappa shape index (κ1) is 31.9. The van der Waals surface area contributed by atoms with Gasteiger partial charge in [0.1, 0.15) is 23.1 Å². The lowest BCUT2D eigenvalue weighted by Crippen LogP contribution is -2.61. The number of thiazole rings is 1. The van der Waals surface area contributed by atoms with E-state index in [0.29, 0.717) is 28.9 Å². The van der Waals surface area contributed by atoms with E-state index in [1.165, 1.54) is 22.3 Å². The molecule has 0 spiro atoms. The maximum Gasteiger partial charge on any atom is 0.283 e. The molecule has 0 bridgehead atoms. The van der Waals surface area contributed by atoms with E-state index in [1.54, 1.807) is 18.2 Å². The molecule has 4 aromatic rings. The molecule has 3 aromatic heterocycles. The molecule has 2 aliphatic rings. The van der Waals surface area contributed by atoms with Crippen molar-refractivity contribution in [2.75, 3.05) is 19.6 Å². The highest BCUT2D eigenvalue weighted by Gasteiger charge is 2.41. The highest BCUT2D eigenvalue weighted by molar-refractivity contribution is 7.89. The van der Waals surface area contributed by atoms with Crippen molar-refractivity contribution in [1.29, 1.82) is 0 Å². The van der Waals surface area contributed by atoms with Crippen LogP contribution in [-0.4, -0.2) is 76.2 Å². The molecule has 17 heteroatoms. The number of carbonyl (C=O) groups is 2. The van der Waals surface area contributed by atoms with Crippen LogP contribution >= 0.6 is 35.3 Å². The summed E-state index contributed by atoms with van der Waals surface area (Å²) in [5.74, 6) is -1.63. The Bertz CT molecular complexity index is 1910. The van der Waals surface area contributed by atoms with Gasteiger partial charge in [0.25, 0.3) is 15.9 Å². The van der Waals surface area contributed by atoms with Crippen LogP contribution in [0.4, 0.5) is 0 Å². The number of amides is 2. The summed E-state index contributed by atoms with van der Waals surface area (Å²) >= 11 is 7.33. The predicted molar refractivity (Wildman–Crippen MR) is 165 cm³/mol. The molecular formula is C27H28Cl2N6O7S2. The molecule has 0 saturated carbocycles. The maximum absolute atomic E-state index is 13.7. The average molecular weight is 684 g/mol. The van der Waals surface area contributed by atoms with Crippen molar-refractivity contribution in [2.45, 2.75) is 43.5 Å². The van der Waals surface area contributed by atoms with Gasteiger partial charge in [-0.1, -0.05) is 11.6 Å². The van der Waals surface area contributed by atoms with Crippen LogP contribution in [-0.2, 0) is 34.3 Å². The van der Waals surface area contributed by atoms with Crippen molar-refractivity contribution in [3.8, 4) is 5.75 Å². The average Bonchev–Trinajstić information content (AvgIpc) is 3.61. The van der Waals surface area contributed by atoms with Crippen molar-refractivity contribution in [2.24, 2.45) is 0 Å². The second kappa shape index (κ2) is 12.5. The van der Waals surface area contributed by atoms with E-state index in [9.17, 15) is 27.9 Å². The first-order chi connectivity index (χ1) is 20.5. The third-order valence-electron chi connectivity index (χ3n) is 7.46. The van der Waals surface area contributed by atoms with Crippen molar-refractivity contribution >= 4 is 68.1 Å². The Morgan fingerprint density at radius 3 is 2.82 bits per heavy atom. The third-order valence-corrected chi connectivity index (χ3v) is 10.6. The van der Waals surface area contributed by atoms with Crippen LogP contribution < -0.4 is 16.1 Å². The quantitative estimate of drug-likeness (QED) is 0.237. The van der Waals surface area contributed by atoms with E-state index >= 15 is 0 Å². The summed E-state index contributed by atoms with van der Waals surface area (Å²) in [4.78, 5) is 48.8. The fourth-order valence-corrected chi connectivity index (χ4v) is 7.78. The molecule has 13 nitrogen and oxygen atoms in total. The number of carbonyl (C=O) groups excluding carboxylic acids is 2. The van der Waals surface area contributed by atoms with E-state index in [0.717, 1.165) is 27.2 Å². The Labute approximate surface area is 266 Å². The molecule has 1 saturated heterocycles. The number of nitrogens with one attached hydrogen (secondary N) is 3. The summed E-state index contributed by atoms with van der Waals surface area (Å²) in [5, 5.41) is 16.6. The number of piperazine rings is 1. The van der Waals surface area contributed by atoms with E-state index in [1.807, 2.05) is 6.92 Å². The lowest BCUT2D eigenvalue weighted by Gasteiger charge is -2.39. The Hall–Kier alpha value is -3.47. The maximum atomic E-state index is 13.7. The number of aromatic nitrogens is 2. The molecule has 2 amide bonds. The van der Waals surface area contributed by atoms with E-state index < -0.39 is 39.1 Å². The first-order valence-corrected chi connectivity index (χ1v) is 16.0. The number of aromatic amines is 1. The summed E-state index contributed by atoms with van der Waals surface area (Å²) in [7, 11) is -4.09. The van der Waals surface area contributed by atoms with Crippen LogP contribution in [0.1, 0.15) is 33.1 Å². The van der Waals surface area contributed by atoms with Crippen LogP contribution in [0.3, 0.4) is 0 Å². The van der Waals surface area contributed by atoms with Gasteiger partial charge in [-0.3, -0.25) is 14.4 Å². The Balaban J connectivity index is 0.00000384. The number of aromatic hydroxyl groups is 1. The Morgan fingerprint density at radius 2 is 2.05 bits per heavy atom. The van der Waals surface area contributed by atoms with Crippen molar-refractivity contribution < 1.29 is 27.5 Å². The van der Waals surface area contributed by atoms with Gasteiger partial charge in [0.05, 0.1) is 12.2 Å². The summed E-state index contributed by atoms with van der Waals surface area (Å²) < 4.78 is 33.7. The SMILES string of the molecule is CC1Cc2nc(C(=O)N3CCN(S(=O)(=O)c4cc5cc(Cl)ccc5[nH]4)CC3C(=O)NCc3cc(=O)c(O)co3)sc2CN1.Cl. The lowest BCUT2D eigenvalue weighted by atomic mass is 10.1. The molecule has 2 aliphatic heterocycles. The molecule has 0 aliphatic carbocycles. The normalized spacial score (nSPS) is 18.9. The molecule has 1 fully saturated rings. The van der Waals surface area contributed by atoms with Crippen molar-refractivity contribution in [1.82, 2.24) is 29.8 Å². The van der Waals surface area contributed by atoms with Gasteiger partial charge in [-0.2, -0.15) is 4.31 Å². The van der Waals surface area contributed by atoms with E-state index in [2.05, 4.69) is 20.6 Å². The third kappa shape index (κ3) is 6.20. The van der Waals surface area contributed by atoms with Gasteiger partial charge < -0.3 is 30.0 Å². The Morgan fingerprint density at radius 1 is 1.25 bits per heavy atom. The van der Waals surface area contributed by atoms with E-state index in [-0.39, 0.29) is 60.4 Å². The molecule has 0 radical (unpaired) electrons. The van der Waals surface area contributed by atoms with E-state index in [4.69, 9.17) is 16.0 Å². The molecule has 2 atom stereocenters. The summed E-state index contributed by atoms with van der Waals surface area (Å²) in [6, 6.07) is 6.48. The number of benzene rings is 1. The summed E-state index contributed by atoms with van der Waals surface area (Å²) in [6.07, 6.45) is 1.53. The Kier molecular flexibility index (Phi) is 9.07. The summed E-state index contributed by atoms with van der Waals surface area (Å²) in [5.41, 5.74) is 0.736. The van der Waals surface area contributed by atoms with Crippen LogP contribution in [0.2, 0.25) is 5.02 Å². The highest BCUT2D eigenvalue weighted by Crippen LogP contribution is 2.28. The number of hydrogen-bond acceptors (Lipinski definition) is 10. The largest absolute Gasteiger partial charge is 0.502 e. The second-order valence-corrected chi connectivity index (χ2v) is 13.9. The lowest BCUT2D eigenvalue weighted by molar-refractivity contribution is -0.127. The van der Waals surface area contributed by atoms with Crippen LogP contribution in [0, 0.1) is 0 Å². The number of nitrogens with zero attached hydrogens (tertiary/aromatic N) is 3. The van der Waals surface area contributed by atoms with Gasteiger partial charge in [0.2, 0.25) is 11.3 Å². The number of halogens is 2. The monoisotopic (exact) mass is 682 g/mol. The molecule has 4 N–H and O–H groups in total. The summed E-state index contributed by atoms with van der Waals surface area (Å²) in [6.45, 7) is 1.96. The van der Waals surface area contributed by atoms with Gasteiger partial charge in [-0.15, -0.1) is 23.7 Å². The molecule has 5 heterocycles. The molecule has 234 valence electrons. The van der Waals surface area contributed by atoms with Crippen LogP contribution in [0.25, 0.3) is 10.9 Å². The molecule has 2 unspecified atom stereocenters.